The Kier molecular flexibility index (Phi) is 4.28. The first-order chi connectivity index (χ1) is 11.6. The first-order valence-corrected chi connectivity index (χ1v) is 8.31. The van der Waals surface area contributed by atoms with E-state index in [1.165, 1.54) is 11.1 Å². The molecule has 25 heavy (non-hydrogen) atoms. The zero-order chi connectivity index (χ0) is 18.4. The molecule has 1 unspecified atom stereocenters. The van der Waals surface area contributed by atoms with Gasteiger partial charge in [-0.05, 0) is 43.4 Å². The average molecular weight is 367 g/mol. The van der Waals surface area contributed by atoms with Crippen LogP contribution in [0.2, 0.25) is 0 Å². The van der Waals surface area contributed by atoms with Gasteiger partial charge in [-0.2, -0.15) is 28.1 Å². The molecule has 0 amide bonds. The third-order valence-corrected chi connectivity index (χ3v) is 5.36. The van der Waals surface area contributed by atoms with Gasteiger partial charge < -0.3 is 11.1 Å². The number of hydrogen-bond donors (Lipinski definition) is 2. The van der Waals surface area contributed by atoms with Crippen LogP contribution in [0.5, 0.6) is 0 Å². The molecule has 0 radical (unpaired) electrons. The number of anilines is 2. The van der Waals surface area contributed by atoms with Crippen molar-refractivity contribution < 1.29 is 13.2 Å². The van der Waals surface area contributed by atoms with Gasteiger partial charge in [0.2, 0.25) is 17.7 Å². The number of alkyl halides is 3. The van der Waals surface area contributed by atoms with Gasteiger partial charge >= 0.3 is 6.18 Å². The number of rotatable bonds is 3. The van der Waals surface area contributed by atoms with Crippen LogP contribution in [-0.2, 0) is 6.18 Å². The lowest BCUT2D eigenvalue weighted by Gasteiger charge is -2.13. The Morgan fingerprint density at radius 3 is 2.56 bits per heavy atom. The third kappa shape index (κ3) is 3.51. The molecule has 132 valence electrons. The van der Waals surface area contributed by atoms with E-state index in [2.05, 4.69) is 33.3 Å². The van der Waals surface area contributed by atoms with Gasteiger partial charge in [0.1, 0.15) is 0 Å². The van der Waals surface area contributed by atoms with Crippen molar-refractivity contribution in [2.24, 2.45) is 0 Å². The average Bonchev–Trinajstić information content (AvgIpc) is 2.95. The number of nitrogens with zero attached hydrogens (tertiary/aromatic N) is 3. The molecule has 3 N–H and O–H groups in total. The van der Waals surface area contributed by atoms with Gasteiger partial charge in [0, 0.05) is 9.58 Å². The van der Waals surface area contributed by atoms with E-state index < -0.39 is 17.9 Å². The molecule has 0 saturated heterocycles. The molecule has 0 spiro atoms. The topological polar surface area (TPSA) is 76.7 Å². The van der Waals surface area contributed by atoms with Crippen LogP contribution in [0, 0.1) is 13.8 Å². The zero-order valence-electron chi connectivity index (χ0n) is 13.8. The summed E-state index contributed by atoms with van der Waals surface area (Å²) in [6.45, 7) is 5.93. The lowest BCUT2D eigenvalue weighted by atomic mass is 10.1. The number of nitrogens with two attached hydrogens (primary N) is 1. The summed E-state index contributed by atoms with van der Waals surface area (Å²) in [7, 11) is 0. The summed E-state index contributed by atoms with van der Waals surface area (Å²) in [6, 6.07) is 5.82. The van der Waals surface area contributed by atoms with E-state index in [0.717, 1.165) is 15.0 Å². The van der Waals surface area contributed by atoms with E-state index in [4.69, 9.17) is 5.73 Å². The Balaban J connectivity index is 1.91. The number of benzene rings is 1. The second kappa shape index (κ2) is 6.14. The van der Waals surface area contributed by atoms with Gasteiger partial charge in [-0.15, -0.1) is 11.3 Å². The fraction of sp³-hybridized carbons (Fsp3) is 0.312. The van der Waals surface area contributed by atoms with Crippen molar-refractivity contribution in [1.29, 1.82) is 0 Å². The molecule has 0 bridgehead atoms. The van der Waals surface area contributed by atoms with Gasteiger partial charge in [0.15, 0.2) is 0 Å². The van der Waals surface area contributed by atoms with Crippen LogP contribution >= 0.6 is 11.3 Å². The smallest absolute Gasteiger partial charge is 0.368 e. The van der Waals surface area contributed by atoms with E-state index in [9.17, 15) is 13.2 Å². The van der Waals surface area contributed by atoms with Crippen LogP contribution in [-0.4, -0.2) is 15.0 Å². The molecule has 1 atom stereocenters. The number of thiophene rings is 1. The lowest BCUT2D eigenvalue weighted by molar-refractivity contribution is -0.144. The largest absolute Gasteiger partial charge is 0.451 e. The molecule has 0 aliphatic carbocycles. The normalized spacial score (nSPS) is 13.2. The van der Waals surface area contributed by atoms with Crippen molar-refractivity contribution in [3.63, 3.8) is 0 Å². The minimum absolute atomic E-state index is 0.197. The van der Waals surface area contributed by atoms with Gasteiger partial charge in [-0.3, -0.25) is 0 Å². The number of nitrogens with one attached hydrogen (secondary N) is 1. The quantitative estimate of drug-likeness (QED) is 0.714. The van der Waals surface area contributed by atoms with Crippen LogP contribution < -0.4 is 11.1 Å². The SMILES string of the molecule is Cc1ccc2cc(C(C)Nc3nc(N)nc(C(F)(F)F)n3)sc2c1C. The number of aryl methyl sites for hydroxylation is 2. The highest BCUT2D eigenvalue weighted by Crippen LogP contribution is 2.34. The Morgan fingerprint density at radius 1 is 1.16 bits per heavy atom. The zero-order valence-corrected chi connectivity index (χ0v) is 14.6. The highest BCUT2D eigenvalue weighted by atomic mass is 32.1. The number of aromatic nitrogens is 3. The molecule has 2 heterocycles. The van der Waals surface area contributed by atoms with Gasteiger partial charge in [0.05, 0.1) is 6.04 Å². The van der Waals surface area contributed by atoms with Crippen LogP contribution in [0.15, 0.2) is 18.2 Å². The van der Waals surface area contributed by atoms with Crippen molar-refractivity contribution in [2.45, 2.75) is 33.0 Å². The fourth-order valence-electron chi connectivity index (χ4n) is 2.42. The molecule has 0 fully saturated rings. The fourth-order valence-corrected chi connectivity index (χ4v) is 3.64. The first kappa shape index (κ1) is 17.4. The molecular weight excluding hydrogens is 351 g/mol. The summed E-state index contributed by atoms with van der Waals surface area (Å²) >= 11 is 1.59. The van der Waals surface area contributed by atoms with E-state index in [-0.39, 0.29) is 12.0 Å². The van der Waals surface area contributed by atoms with Crippen molar-refractivity contribution in [3.8, 4) is 0 Å². The van der Waals surface area contributed by atoms with E-state index in [1.54, 1.807) is 11.3 Å². The molecule has 9 heteroatoms. The molecule has 0 aliphatic rings. The van der Waals surface area contributed by atoms with Gasteiger partial charge in [0.25, 0.3) is 0 Å². The molecule has 0 aliphatic heterocycles. The Morgan fingerprint density at radius 2 is 1.88 bits per heavy atom. The predicted molar refractivity (Wildman–Crippen MR) is 92.6 cm³/mol. The number of nitrogen functional groups attached to an aromatic ring is 1. The van der Waals surface area contributed by atoms with Crippen LogP contribution in [0.3, 0.4) is 0 Å². The highest BCUT2D eigenvalue weighted by molar-refractivity contribution is 7.19. The van der Waals surface area contributed by atoms with Crippen molar-refractivity contribution in [3.05, 3.63) is 40.0 Å². The van der Waals surface area contributed by atoms with Gasteiger partial charge in [-0.1, -0.05) is 12.1 Å². The summed E-state index contributed by atoms with van der Waals surface area (Å²) in [6.07, 6.45) is -4.68. The lowest BCUT2D eigenvalue weighted by Crippen LogP contribution is -2.17. The van der Waals surface area contributed by atoms with Crippen LogP contribution in [0.1, 0.15) is 34.8 Å². The highest BCUT2D eigenvalue weighted by Gasteiger charge is 2.35. The second-order valence-electron chi connectivity index (χ2n) is 5.78. The Bertz CT molecular complexity index is 935. The van der Waals surface area contributed by atoms with Crippen molar-refractivity contribution in [1.82, 2.24) is 15.0 Å². The molecule has 2 aromatic heterocycles. The van der Waals surface area contributed by atoms with E-state index >= 15 is 0 Å². The maximum atomic E-state index is 12.8. The number of fused-ring (bicyclic) bond motifs is 1. The monoisotopic (exact) mass is 367 g/mol. The van der Waals surface area contributed by atoms with Crippen LogP contribution in [0.4, 0.5) is 25.1 Å². The standard InChI is InChI=1S/C16H16F3N5S/c1-7-4-5-10-6-11(25-12(10)8(7)2)9(3)21-15-23-13(16(17,18)19)22-14(20)24-15/h4-6,9H,1-3H3,(H3,20,21,22,23,24). The first-order valence-electron chi connectivity index (χ1n) is 7.50. The Labute approximate surface area is 146 Å². The molecule has 3 aromatic rings. The summed E-state index contributed by atoms with van der Waals surface area (Å²) < 4.78 is 39.5. The van der Waals surface area contributed by atoms with Crippen molar-refractivity contribution in [2.75, 3.05) is 11.1 Å². The number of halogens is 3. The second-order valence-corrected chi connectivity index (χ2v) is 6.86. The molecular formula is C16H16F3N5S. The number of hydrogen-bond acceptors (Lipinski definition) is 6. The molecule has 1 aromatic carbocycles. The summed E-state index contributed by atoms with van der Waals surface area (Å²) in [4.78, 5) is 11.3. The minimum Gasteiger partial charge on any atom is -0.368 e. The van der Waals surface area contributed by atoms with Gasteiger partial charge in [-0.25, -0.2) is 0 Å². The third-order valence-electron chi connectivity index (χ3n) is 3.90. The Hall–Kier alpha value is -2.42. The summed E-state index contributed by atoms with van der Waals surface area (Å²) in [5.41, 5.74) is 7.76. The molecule has 5 nitrogen and oxygen atoms in total. The summed E-state index contributed by atoms with van der Waals surface area (Å²) in [5, 5.41) is 3.97. The predicted octanol–water partition coefficient (Wildman–Crippen LogP) is 4.48. The van der Waals surface area contributed by atoms with E-state index in [1.807, 2.05) is 26.0 Å². The maximum absolute atomic E-state index is 12.8. The summed E-state index contributed by atoms with van der Waals surface area (Å²) in [5.74, 6) is -1.98. The molecule has 3 rings (SSSR count). The minimum atomic E-state index is -4.68. The molecule has 0 saturated carbocycles. The van der Waals surface area contributed by atoms with Crippen molar-refractivity contribution >= 4 is 33.3 Å². The van der Waals surface area contributed by atoms with Crippen LogP contribution in [0.25, 0.3) is 10.1 Å². The van der Waals surface area contributed by atoms with E-state index in [0.29, 0.717) is 0 Å². The maximum Gasteiger partial charge on any atom is 0.451 e.